The summed E-state index contributed by atoms with van der Waals surface area (Å²) in [5, 5.41) is 18.5. The topological polar surface area (TPSA) is 125 Å². The van der Waals surface area contributed by atoms with Gasteiger partial charge in [0.05, 0.1) is 18.3 Å². The molecule has 0 spiro atoms. The summed E-state index contributed by atoms with van der Waals surface area (Å²) < 4.78 is 5.12. The van der Waals surface area contributed by atoms with Gasteiger partial charge in [-0.3, -0.25) is 9.55 Å². The molecule has 4 aromatic heterocycles. The van der Waals surface area contributed by atoms with E-state index in [4.69, 9.17) is 0 Å². The first-order chi connectivity index (χ1) is 17.1. The van der Waals surface area contributed by atoms with E-state index in [9.17, 15) is 4.79 Å². The predicted octanol–water partition coefficient (Wildman–Crippen LogP) is 3.05. The largest absolute Gasteiger partial charge is 0.335 e. The van der Waals surface area contributed by atoms with Gasteiger partial charge in [-0.15, -0.1) is 5.10 Å². The van der Waals surface area contributed by atoms with Crippen LogP contribution in [0.5, 0.6) is 0 Å². The minimum Gasteiger partial charge on any atom is -0.291 e. The zero-order valence-electron chi connectivity index (χ0n) is 19.8. The van der Waals surface area contributed by atoms with E-state index in [-0.39, 0.29) is 11.7 Å². The number of aryl methyl sites for hydroxylation is 1. The normalized spacial score (nSPS) is 11.4. The third-order valence-electron chi connectivity index (χ3n) is 5.80. The van der Waals surface area contributed by atoms with Crippen LogP contribution in [0.2, 0.25) is 0 Å². The second-order valence-electron chi connectivity index (χ2n) is 8.55. The number of tetrazole rings is 1. The molecule has 0 radical (unpaired) electrons. The zero-order valence-corrected chi connectivity index (χ0v) is 19.8. The van der Waals surface area contributed by atoms with Crippen LogP contribution in [-0.4, -0.2) is 49.5 Å². The molecule has 0 aliphatic rings. The fraction of sp³-hybridized carbons (Fsp3) is 0.292. The third kappa shape index (κ3) is 4.27. The molecule has 0 saturated heterocycles. The molecule has 0 amide bonds. The molecule has 5 aromatic rings. The molecule has 11 nitrogen and oxygen atoms in total. The number of nitrogens with zero attached hydrogens (tertiary/aromatic N) is 9. The summed E-state index contributed by atoms with van der Waals surface area (Å²) in [6, 6.07) is 11.8. The van der Waals surface area contributed by atoms with Gasteiger partial charge in [-0.25, -0.2) is 19.1 Å². The number of rotatable bonds is 8. The highest BCUT2D eigenvalue weighted by molar-refractivity contribution is 5.78. The molecule has 0 unspecified atom stereocenters. The number of aromatic nitrogens is 10. The van der Waals surface area contributed by atoms with Gasteiger partial charge < -0.3 is 0 Å². The maximum Gasteiger partial charge on any atom is 0.335 e. The minimum atomic E-state index is -0.143. The Morgan fingerprint density at radius 1 is 1.06 bits per heavy atom. The van der Waals surface area contributed by atoms with Gasteiger partial charge in [0.25, 0.3) is 0 Å². The summed E-state index contributed by atoms with van der Waals surface area (Å²) >= 11 is 0. The van der Waals surface area contributed by atoms with Crippen molar-refractivity contribution in [1.29, 1.82) is 0 Å². The van der Waals surface area contributed by atoms with Crippen molar-refractivity contribution in [2.75, 3.05) is 0 Å². The van der Waals surface area contributed by atoms with Crippen LogP contribution in [0.1, 0.15) is 44.5 Å². The van der Waals surface area contributed by atoms with Crippen LogP contribution in [0.15, 0.2) is 59.9 Å². The minimum absolute atomic E-state index is 0.0877. The molecule has 0 bridgehead atoms. The van der Waals surface area contributed by atoms with Crippen LogP contribution in [-0.2, 0) is 13.0 Å². The number of hydrogen-bond acceptors (Lipinski definition) is 7. The van der Waals surface area contributed by atoms with Gasteiger partial charge in [-0.05, 0) is 42.3 Å². The molecule has 1 N–H and O–H groups in total. The first-order valence-corrected chi connectivity index (χ1v) is 11.6. The van der Waals surface area contributed by atoms with Crippen molar-refractivity contribution in [2.24, 2.45) is 0 Å². The van der Waals surface area contributed by atoms with Crippen LogP contribution < -0.4 is 5.69 Å². The summed E-state index contributed by atoms with van der Waals surface area (Å²) in [4.78, 5) is 22.4. The molecule has 0 aliphatic carbocycles. The quantitative estimate of drug-likeness (QED) is 0.369. The number of H-pyrrole nitrogens is 1. The van der Waals surface area contributed by atoms with E-state index >= 15 is 0 Å². The molecule has 4 heterocycles. The van der Waals surface area contributed by atoms with Crippen LogP contribution in [0.4, 0.5) is 0 Å². The van der Waals surface area contributed by atoms with E-state index in [1.165, 1.54) is 6.33 Å². The van der Waals surface area contributed by atoms with E-state index in [1.54, 1.807) is 20.0 Å². The van der Waals surface area contributed by atoms with E-state index in [1.807, 2.05) is 56.4 Å². The smallest absolute Gasteiger partial charge is 0.291 e. The van der Waals surface area contributed by atoms with Gasteiger partial charge >= 0.3 is 5.69 Å². The molecule has 5 rings (SSSR count). The lowest BCUT2D eigenvalue weighted by Crippen LogP contribution is -2.27. The average Bonchev–Trinajstić information content (AvgIpc) is 3.62. The maximum absolute atomic E-state index is 13.4. The molecule has 0 aliphatic heterocycles. The van der Waals surface area contributed by atoms with Crippen molar-refractivity contribution in [3.05, 3.63) is 76.9 Å². The number of aromatic amines is 1. The Hall–Kier alpha value is -4.41. The Labute approximate surface area is 201 Å². The fourth-order valence-electron chi connectivity index (χ4n) is 4.12. The lowest BCUT2D eigenvalue weighted by Gasteiger charge is -2.09. The van der Waals surface area contributed by atoms with Gasteiger partial charge in [-0.1, -0.05) is 43.7 Å². The van der Waals surface area contributed by atoms with Crippen LogP contribution in [0.25, 0.3) is 28.6 Å². The van der Waals surface area contributed by atoms with Crippen molar-refractivity contribution >= 4 is 0 Å². The Kier molecular flexibility index (Phi) is 6.04. The zero-order chi connectivity index (χ0) is 24.4. The molecule has 11 heteroatoms. The average molecular weight is 471 g/mol. The van der Waals surface area contributed by atoms with E-state index < -0.39 is 0 Å². The van der Waals surface area contributed by atoms with Crippen molar-refractivity contribution in [3.63, 3.8) is 0 Å². The molecule has 1 aromatic carbocycles. The van der Waals surface area contributed by atoms with Crippen LogP contribution in [0, 0.1) is 0 Å². The van der Waals surface area contributed by atoms with Crippen LogP contribution >= 0.6 is 0 Å². The van der Waals surface area contributed by atoms with E-state index in [2.05, 4.69) is 42.6 Å². The highest BCUT2D eigenvalue weighted by Crippen LogP contribution is 2.28. The van der Waals surface area contributed by atoms with Gasteiger partial charge in [0.2, 0.25) is 5.95 Å². The van der Waals surface area contributed by atoms with Crippen molar-refractivity contribution < 1.29 is 0 Å². The van der Waals surface area contributed by atoms with Gasteiger partial charge in [-0.2, -0.15) is 10.1 Å². The molecular weight excluding hydrogens is 444 g/mol. The number of pyridine rings is 1. The number of nitrogens with one attached hydrogen (secondary N) is 1. The summed E-state index contributed by atoms with van der Waals surface area (Å²) in [5.41, 5.74) is 4.31. The Balaban J connectivity index is 1.47. The third-order valence-corrected chi connectivity index (χ3v) is 5.80. The Morgan fingerprint density at radius 2 is 1.89 bits per heavy atom. The fourth-order valence-corrected chi connectivity index (χ4v) is 4.12. The molecular formula is C24H26N10O. The molecule has 0 fully saturated rings. The molecule has 178 valence electrons. The summed E-state index contributed by atoms with van der Waals surface area (Å²) in [5.74, 6) is 1.10. The summed E-state index contributed by atoms with van der Waals surface area (Å²) in [6.45, 7) is 6.54. The molecule has 35 heavy (non-hydrogen) atoms. The first-order valence-electron chi connectivity index (χ1n) is 11.6. The highest BCUT2D eigenvalue weighted by Gasteiger charge is 2.18. The Morgan fingerprint density at radius 3 is 2.57 bits per heavy atom. The van der Waals surface area contributed by atoms with Crippen molar-refractivity contribution in [1.82, 2.24) is 49.5 Å². The van der Waals surface area contributed by atoms with Crippen molar-refractivity contribution in [2.45, 2.75) is 46.2 Å². The lowest BCUT2D eigenvalue weighted by atomic mass is 10.0. The summed E-state index contributed by atoms with van der Waals surface area (Å²) in [7, 11) is 0. The monoisotopic (exact) mass is 470 g/mol. The SMILES string of the molecule is CCCc1cn(-c2ncnn2C(C)C)c(=O)n1Cc1ccc(-c2ccccc2-c2nnn[nH]2)nc1. The second kappa shape index (κ2) is 9.45. The number of hydrogen-bond donors (Lipinski definition) is 1. The lowest BCUT2D eigenvalue weighted by molar-refractivity contribution is 0.515. The number of imidazole rings is 1. The molecule has 0 atom stereocenters. The van der Waals surface area contributed by atoms with Crippen molar-refractivity contribution in [3.8, 4) is 28.6 Å². The number of benzene rings is 1. The van der Waals surface area contributed by atoms with Gasteiger partial charge in [0.15, 0.2) is 5.82 Å². The highest BCUT2D eigenvalue weighted by atomic mass is 16.2. The van der Waals surface area contributed by atoms with E-state index in [0.717, 1.165) is 40.9 Å². The van der Waals surface area contributed by atoms with Gasteiger partial charge in [0.1, 0.15) is 6.33 Å². The Bertz CT molecular complexity index is 1480. The maximum atomic E-state index is 13.4. The predicted molar refractivity (Wildman–Crippen MR) is 130 cm³/mol. The standard InChI is InChI=1S/C24H26N10O/c1-4-7-18-14-33(23-26-15-27-34(23)16(2)3)24(35)32(18)13-17-10-11-21(25-12-17)19-8-5-6-9-20(19)22-28-30-31-29-22/h5-6,8-12,14-16H,4,7,13H2,1-3H3,(H,28,29,30,31). The van der Waals surface area contributed by atoms with E-state index in [0.29, 0.717) is 18.3 Å². The summed E-state index contributed by atoms with van der Waals surface area (Å²) in [6.07, 6.45) is 6.86. The van der Waals surface area contributed by atoms with Gasteiger partial charge in [0, 0.05) is 29.2 Å². The molecule has 0 saturated carbocycles. The second-order valence-corrected chi connectivity index (χ2v) is 8.55. The van der Waals surface area contributed by atoms with Crippen LogP contribution in [0.3, 0.4) is 0 Å². The first kappa shape index (κ1) is 22.4.